The van der Waals surface area contributed by atoms with Crippen molar-refractivity contribution in [1.29, 1.82) is 0 Å². The van der Waals surface area contributed by atoms with Gasteiger partial charge in [-0.05, 0) is 54.6 Å². The molecule has 0 aromatic heterocycles. The van der Waals surface area contributed by atoms with E-state index in [9.17, 15) is 14.4 Å². The number of hydrogen-bond donors (Lipinski definition) is 0. The standard InChI is InChI=1S/C27H40O3.C3H8/c1-7-10-20(23(8-2)24(29)16-22(28)17-27(4,5)6)13-19-14-21-12-9-11-18(3)26(21)25(30)15-19;1-3-2/h9,11-12,19-20,23H,7-8,10,13-17H2,1-6H3;3H2,1-2H3. The van der Waals surface area contributed by atoms with Gasteiger partial charge in [-0.1, -0.05) is 85.9 Å². The molecule has 0 amide bonds. The molecule has 0 heterocycles. The van der Waals surface area contributed by atoms with Crippen molar-refractivity contribution in [3.8, 4) is 0 Å². The first kappa shape index (κ1) is 29.3. The third kappa shape index (κ3) is 9.55. The van der Waals surface area contributed by atoms with Crippen LogP contribution in [0.25, 0.3) is 0 Å². The molecule has 0 saturated heterocycles. The van der Waals surface area contributed by atoms with Gasteiger partial charge in [-0.2, -0.15) is 0 Å². The Labute approximate surface area is 203 Å². The highest BCUT2D eigenvalue weighted by Gasteiger charge is 2.33. The van der Waals surface area contributed by atoms with Crippen LogP contribution in [0.5, 0.6) is 0 Å². The lowest BCUT2D eigenvalue weighted by Gasteiger charge is -2.31. The van der Waals surface area contributed by atoms with E-state index in [1.807, 2.05) is 39.8 Å². The number of ketones is 3. The summed E-state index contributed by atoms with van der Waals surface area (Å²) >= 11 is 0. The lowest BCUT2D eigenvalue weighted by molar-refractivity contribution is -0.131. The zero-order valence-electron chi connectivity index (χ0n) is 22.6. The van der Waals surface area contributed by atoms with Crippen molar-refractivity contribution in [1.82, 2.24) is 0 Å². The monoisotopic (exact) mass is 456 g/mol. The van der Waals surface area contributed by atoms with Gasteiger partial charge in [0.05, 0.1) is 6.42 Å². The lowest BCUT2D eigenvalue weighted by Crippen LogP contribution is -2.30. The van der Waals surface area contributed by atoms with Gasteiger partial charge in [0.2, 0.25) is 0 Å². The molecule has 3 unspecified atom stereocenters. The molecular formula is C30H48O3. The highest BCUT2D eigenvalue weighted by atomic mass is 16.1. The Balaban J connectivity index is 0.00000172. The summed E-state index contributed by atoms with van der Waals surface area (Å²) in [6.45, 7) is 16.6. The van der Waals surface area contributed by atoms with Crippen LogP contribution in [0.15, 0.2) is 18.2 Å². The third-order valence-corrected chi connectivity index (χ3v) is 6.44. The van der Waals surface area contributed by atoms with Gasteiger partial charge in [-0.3, -0.25) is 14.4 Å². The zero-order valence-corrected chi connectivity index (χ0v) is 22.6. The van der Waals surface area contributed by atoms with Gasteiger partial charge in [0, 0.05) is 24.3 Å². The summed E-state index contributed by atoms with van der Waals surface area (Å²) in [7, 11) is 0. The highest BCUT2D eigenvalue weighted by Crippen LogP contribution is 2.36. The predicted octanol–water partition coefficient (Wildman–Crippen LogP) is 7.95. The van der Waals surface area contributed by atoms with Gasteiger partial charge in [-0.15, -0.1) is 0 Å². The normalized spacial score (nSPS) is 17.5. The van der Waals surface area contributed by atoms with Crippen LogP contribution in [0.4, 0.5) is 0 Å². The molecule has 33 heavy (non-hydrogen) atoms. The third-order valence-electron chi connectivity index (χ3n) is 6.44. The van der Waals surface area contributed by atoms with Gasteiger partial charge in [0.15, 0.2) is 5.78 Å². The Morgan fingerprint density at radius 3 is 2.24 bits per heavy atom. The Morgan fingerprint density at radius 2 is 1.70 bits per heavy atom. The van der Waals surface area contributed by atoms with Gasteiger partial charge in [0.25, 0.3) is 0 Å². The Morgan fingerprint density at radius 1 is 1.06 bits per heavy atom. The number of fused-ring (bicyclic) bond motifs is 1. The van der Waals surface area contributed by atoms with Crippen molar-refractivity contribution in [3.63, 3.8) is 0 Å². The molecule has 0 bridgehead atoms. The minimum absolute atomic E-state index is 0.0541. The van der Waals surface area contributed by atoms with Gasteiger partial charge in [-0.25, -0.2) is 0 Å². The molecule has 0 saturated carbocycles. The largest absolute Gasteiger partial charge is 0.299 e. The summed E-state index contributed by atoms with van der Waals surface area (Å²) in [5, 5.41) is 0. The average Bonchev–Trinajstić information content (AvgIpc) is 2.67. The Hall–Kier alpha value is -1.77. The van der Waals surface area contributed by atoms with Crippen LogP contribution in [0, 0.1) is 30.1 Å². The molecule has 3 atom stereocenters. The Bertz CT molecular complexity index is 784. The molecule has 0 aliphatic heterocycles. The van der Waals surface area contributed by atoms with Crippen molar-refractivity contribution in [2.75, 3.05) is 0 Å². The molecule has 1 aliphatic rings. The summed E-state index contributed by atoms with van der Waals surface area (Å²) in [4.78, 5) is 38.3. The summed E-state index contributed by atoms with van der Waals surface area (Å²) < 4.78 is 0. The molecule has 0 radical (unpaired) electrons. The van der Waals surface area contributed by atoms with Crippen LogP contribution in [0.3, 0.4) is 0 Å². The molecular weight excluding hydrogens is 408 g/mol. The van der Waals surface area contributed by atoms with E-state index < -0.39 is 0 Å². The van der Waals surface area contributed by atoms with Crippen LogP contribution in [0.1, 0.15) is 121 Å². The van der Waals surface area contributed by atoms with Crippen molar-refractivity contribution in [2.24, 2.45) is 23.2 Å². The molecule has 1 aromatic carbocycles. The molecule has 0 N–H and O–H groups in total. The number of benzene rings is 1. The number of hydrogen-bond acceptors (Lipinski definition) is 3. The van der Waals surface area contributed by atoms with E-state index in [0.29, 0.717) is 12.8 Å². The van der Waals surface area contributed by atoms with E-state index in [2.05, 4.69) is 33.8 Å². The summed E-state index contributed by atoms with van der Waals surface area (Å²) in [6.07, 6.45) is 6.89. The molecule has 0 fully saturated rings. The maximum absolute atomic E-state index is 13.0. The smallest absolute Gasteiger partial charge is 0.163 e. The first-order valence-corrected chi connectivity index (χ1v) is 13.1. The van der Waals surface area contributed by atoms with Crippen molar-refractivity contribution in [2.45, 2.75) is 113 Å². The molecule has 3 nitrogen and oxygen atoms in total. The fourth-order valence-corrected chi connectivity index (χ4v) is 5.30. The first-order chi connectivity index (χ1) is 15.5. The fraction of sp³-hybridized carbons (Fsp3) is 0.700. The van der Waals surface area contributed by atoms with Crippen LogP contribution >= 0.6 is 0 Å². The summed E-state index contributed by atoms with van der Waals surface area (Å²) in [6, 6.07) is 6.12. The van der Waals surface area contributed by atoms with Gasteiger partial charge in [0.1, 0.15) is 11.6 Å². The number of Topliss-reactive ketones (excluding diaryl/α,β-unsaturated/α-hetero) is 3. The number of rotatable bonds is 10. The number of aryl methyl sites for hydroxylation is 1. The topological polar surface area (TPSA) is 51.2 Å². The summed E-state index contributed by atoms with van der Waals surface area (Å²) in [5.41, 5.74) is 3.05. The van der Waals surface area contributed by atoms with Crippen LogP contribution < -0.4 is 0 Å². The number of carbonyl (C=O) groups is 3. The van der Waals surface area contributed by atoms with E-state index in [1.165, 1.54) is 6.42 Å². The van der Waals surface area contributed by atoms with Gasteiger partial charge < -0.3 is 0 Å². The minimum atomic E-state index is -0.0874. The minimum Gasteiger partial charge on any atom is -0.299 e. The second-order valence-corrected chi connectivity index (χ2v) is 11.2. The molecule has 0 spiro atoms. The van der Waals surface area contributed by atoms with E-state index in [-0.39, 0.29) is 46.9 Å². The average molecular weight is 457 g/mol. The predicted molar refractivity (Wildman–Crippen MR) is 139 cm³/mol. The van der Waals surface area contributed by atoms with Crippen molar-refractivity contribution < 1.29 is 14.4 Å². The zero-order chi connectivity index (χ0) is 25.2. The van der Waals surface area contributed by atoms with E-state index in [0.717, 1.165) is 48.8 Å². The van der Waals surface area contributed by atoms with Crippen LogP contribution in [-0.4, -0.2) is 17.3 Å². The second-order valence-electron chi connectivity index (χ2n) is 11.2. The van der Waals surface area contributed by atoms with Gasteiger partial charge >= 0.3 is 0 Å². The van der Waals surface area contributed by atoms with E-state index in [4.69, 9.17) is 0 Å². The second kappa shape index (κ2) is 13.8. The Kier molecular flexibility index (Phi) is 12.3. The van der Waals surface area contributed by atoms with Crippen LogP contribution in [0.2, 0.25) is 0 Å². The highest BCUT2D eigenvalue weighted by molar-refractivity contribution is 6.01. The molecule has 2 rings (SSSR count). The van der Waals surface area contributed by atoms with Crippen molar-refractivity contribution in [3.05, 3.63) is 34.9 Å². The molecule has 1 aliphatic carbocycles. The van der Waals surface area contributed by atoms with Crippen molar-refractivity contribution >= 4 is 17.3 Å². The molecule has 3 heteroatoms. The van der Waals surface area contributed by atoms with E-state index in [1.54, 1.807) is 0 Å². The maximum Gasteiger partial charge on any atom is 0.163 e. The maximum atomic E-state index is 13.0. The quantitative estimate of drug-likeness (QED) is 0.336. The lowest BCUT2D eigenvalue weighted by atomic mass is 9.72. The fourth-order valence-electron chi connectivity index (χ4n) is 5.30. The number of carbonyl (C=O) groups excluding carboxylic acids is 3. The SMILES string of the molecule is CCC.CCCC(CC1CC(=O)c2c(C)cccc2C1)C(CC)C(=O)CC(=O)CC(C)(C)C. The molecule has 186 valence electrons. The summed E-state index contributed by atoms with van der Waals surface area (Å²) in [5.74, 6) is 0.855. The first-order valence-electron chi connectivity index (χ1n) is 13.1. The van der Waals surface area contributed by atoms with Crippen LogP contribution in [-0.2, 0) is 16.0 Å². The van der Waals surface area contributed by atoms with E-state index >= 15 is 0 Å². The molecule has 1 aromatic rings.